The van der Waals surface area contributed by atoms with Gasteiger partial charge in [-0.1, -0.05) is 24.3 Å². The number of anilines is 1. The van der Waals surface area contributed by atoms with E-state index in [4.69, 9.17) is 0 Å². The van der Waals surface area contributed by atoms with E-state index in [1.54, 1.807) is 18.0 Å². The Hall–Kier alpha value is -3.37. The highest BCUT2D eigenvalue weighted by atomic mass is 32.2. The molecule has 2 aliphatic heterocycles. The predicted molar refractivity (Wildman–Crippen MR) is 138 cm³/mol. The first-order valence-electron chi connectivity index (χ1n) is 12.2. The lowest BCUT2D eigenvalue weighted by Crippen LogP contribution is -2.49. The predicted octanol–water partition coefficient (Wildman–Crippen LogP) is 5.68. The van der Waals surface area contributed by atoms with E-state index in [1.807, 2.05) is 29.2 Å². The second-order valence-corrected chi connectivity index (χ2v) is 10.4. The van der Waals surface area contributed by atoms with E-state index in [0.717, 1.165) is 36.4 Å². The minimum absolute atomic E-state index is 0.144. The van der Waals surface area contributed by atoms with E-state index in [0.29, 0.717) is 36.9 Å². The first-order valence-corrected chi connectivity index (χ1v) is 13.0. The van der Waals surface area contributed by atoms with Crippen molar-refractivity contribution in [3.63, 3.8) is 0 Å². The van der Waals surface area contributed by atoms with E-state index in [2.05, 4.69) is 16.4 Å². The number of aldehydes is 1. The normalized spacial score (nSPS) is 16.3. The summed E-state index contributed by atoms with van der Waals surface area (Å²) < 4.78 is 56.2. The molecule has 1 saturated heterocycles. The van der Waals surface area contributed by atoms with Crippen molar-refractivity contribution in [3.8, 4) is 0 Å². The number of fused-ring (bicyclic) bond motifs is 1. The molecular formula is C28H25F4N3O2S. The van der Waals surface area contributed by atoms with E-state index in [-0.39, 0.29) is 13.1 Å². The Labute approximate surface area is 222 Å². The molecule has 0 atom stereocenters. The number of alkyl halides is 3. The van der Waals surface area contributed by atoms with Crippen molar-refractivity contribution < 1.29 is 27.2 Å². The standard InChI is InChI=1S/C28H25F4N3O2S/c29-22-6-8-25(28(30,31)32)24(15-22)27(37)34-13-11-33(12-14-34)26-16-23(7-5-21(26)18-36)38-35-10-9-19-3-1-2-4-20(19)17-35/h1-8,15-16,18H,9-14,17H2. The van der Waals surface area contributed by atoms with E-state index in [1.165, 1.54) is 16.0 Å². The second kappa shape index (κ2) is 10.8. The highest BCUT2D eigenvalue weighted by molar-refractivity contribution is 7.97. The lowest BCUT2D eigenvalue weighted by Gasteiger charge is -2.37. The van der Waals surface area contributed by atoms with Crippen LogP contribution in [0.3, 0.4) is 0 Å². The maximum atomic E-state index is 13.7. The molecule has 0 radical (unpaired) electrons. The minimum Gasteiger partial charge on any atom is -0.367 e. The third-order valence-corrected chi connectivity index (χ3v) is 7.92. The quantitative estimate of drug-likeness (QED) is 0.235. The molecule has 2 heterocycles. The molecular weight excluding hydrogens is 518 g/mol. The molecule has 0 saturated carbocycles. The molecule has 3 aromatic rings. The van der Waals surface area contributed by atoms with E-state index in [9.17, 15) is 27.2 Å². The molecule has 0 aliphatic carbocycles. The van der Waals surface area contributed by atoms with Gasteiger partial charge < -0.3 is 9.80 Å². The number of benzene rings is 3. The SMILES string of the molecule is O=Cc1ccc(SN2CCc3ccccc3C2)cc1N1CCN(C(=O)c2cc(F)ccc2C(F)(F)F)CC1. The van der Waals surface area contributed by atoms with Crippen LogP contribution < -0.4 is 4.90 Å². The molecule has 5 rings (SSSR count). The number of rotatable bonds is 5. The van der Waals surface area contributed by atoms with Crippen molar-refractivity contribution in [1.29, 1.82) is 0 Å². The molecule has 0 bridgehead atoms. The number of piperazine rings is 1. The fourth-order valence-electron chi connectivity index (χ4n) is 4.91. The topological polar surface area (TPSA) is 43.9 Å². The Morgan fingerprint density at radius 1 is 0.895 bits per heavy atom. The zero-order valence-corrected chi connectivity index (χ0v) is 21.2. The Kier molecular flexibility index (Phi) is 7.45. The molecule has 0 N–H and O–H groups in total. The third-order valence-electron chi connectivity index (χ3n) is 6.88. The molecule has 38 heavy (non-hydrogen) atoms. The zero-order valence-electron chi connectivity index (χ0n) is 20.4. The first-order chi connectivity index (χ1) is 18.2. The average Bonchev–Trinajstić information content (AvgIpc) is 2.92. The zero-order chi connectivity index (χ0) is 26.9. The van der Waals surface area contributed by atoms with Gasteiger partial charge in [0.2, 0.25) is 0 Å². The monoisotopic (exact) mass is 543 g/mol. The summed E-state index contributed by atoms with van der Waals surface area (Å²) in [5, 5.41) is 0. The summed E-state index contributed by atoms with van der Waals surface area (Å²) in [6.45, 7) is 2.65. The van der Waals surface area contributed by atoms with Gasteiger partial charge in [-0.3, -0.25) is 9.59 Å². The number of hydrogen-bond donors (Lipinski definition) is 0. The second-order valence-electron chi connectivity index (χ2n) is 9.28. The molecule has 198 valence electrons. The highest BCUT2D eigenvalue weighted by Gasteiger charge is 2.37. The molecule has 5 nitrogen and oxygen atoms in total. The number of carbonyl (C=O) groups is 2. The van der Waals surface area contributed by atoms with Gasteiger partial charge in [0.1, 0.15) is 5.82 Å². The van der Waals surface area contributed by atoms with Crippen LogP contribution in [0.5, 0.6) is 0 Å². The average molecular weight is 544 g/mol. The van der Waals surface area contributed by atoms with Gasteiger partial charge in [0, 0.05) is 55.4 Å². The number of halogens is 4. The van der Waals surface area contributed by atoms with Crippen LogP contribution in [-0.4, -0.2) is 54.1 Å². The van der Waals surface area contributed by atoms with Crippen molar-refractivity contribution in [2.24, 2.45) is 0 Å². The molecule has 3 aromatic carbocycles. The van der Waals surface area contributed by atoms with Crippen molar-refractivity contribution in [1.82, 2.24) is 9.21 Å². The van der Waals surface area contributed by atoms with Gasteiger partial charge in [-0.15, -0.1) is 0 Å². The van der Waals surface area contributed by atoms with Gasteiger partial charge in [0.15, 0.2) is 6.29 Å². The van der Waals surface area contributed by atoms with Crippen LogP contribution in [0.4, 0.5) is 23.2 Å². The summed E-state index contributed by atoms with van der Waals surface area (Å²) in [6, 6.07) is 15.9. The maximum Gasteiger partial charge on any atom is 0.417 e. The maximum absolute atomic E-state index is 13.7. The fourth-order valence-corrected chi connectivity index (χ4v) is 5.89. The number of carbonyl (C=O) groups excluding carboxylic acids is 2. The Morgan fingerprint density at radius 2 is 1.63 bits per heavy atom. The van der Waals surface area contributed by atoms with Gasteiger partial charge in [-0.25, -0.2) is 8.70 Å². The molecule has 2 aliphatic rings. The Bertz CT molecular complexity index is 1360. The molecule has 1 amide bonds. The van der Waals surface area contributed by atoms with Gasteiger partial charge in [0.25, 0.3) is 5.91 Å². The van der Waals surface area contributed by atoms with Crippen LogP contribution >= 0.6 is 11.9 Å². The molecule has 0 unspecified atom stereocenters. The number of nitrogens with zero attached hydrogens (tertiary/aromatic N) is 3. The number of amides is 1. The van der Waals surface area contributed by atoms with E-state index >= 15 is 0 Å². The van der Waals surface area contributed by atoms with Gasteiger partial charge in [0.05, 0.1) is 11.1 Å². The van der Waals surface area contributed by atoms with Crippen molar-refractivity contribution in [3.05, 3.63) is 94.3 Å². The van der Waals surface area contributed by atoms with Gasteiger partial charge in [-0.05, 0) is 65.9 Å². The number of hydrogen-bond acceptors (Lipinski definition) is 5. The Morgan fingerprint density at radius 3 is 2.34 bits per heavy atom. The molecule has 1 fully saturated rings. The minimum atomic E-state index is -4.77. The van der Waals surface area contributed by atoms with Crippen LogP contribution in [0.15, 0.2) is 65.6 Å². The summed E-state index contributed by atoms with van der Waals surface area (Å²) in [5.41, 5.74) is 2.03. The summed E-state index contributed by atoms with van der Waals surface area (Å²) in [6.07, 6.45) is -3.03. The summed E-state index contributed by atoms with van der Waals surface area (Å²) in [7, 11) is 0. The Balaban J connectivity index is 1.28. The summed E-state index contributed by atoms with van der Waals surface area (Å²) in [4.78, 5) is 28.9. The summed E-state index contributed by atoms with van der Waals surface area (Å²) >= 11 is 1.62. The van der Waals surface area contributed by atoms with Crippen molar-refractivity contribution in [2.45, 2.75) is 24.0 Å². The van der Waals surface area contributed by atoms with Crippen molar-refractivity contribution >= 4 is 29.8 Å². The van der Waals surface area contributed by atoms with Gasteiger partial charge >= 0.3 is 6.18 Å². The smallest absolute Gasteiger partial charge is 0.367 e. The first kappa shape index (κ1) is 26.2. The van der Waals surface area contributed by atoms with Crippen LogP contribution in [-0.2, 0) is 19.1 Å². The fraction of sp³-hybridized carbons (Fsp3) is 0.286. The lowest BCUT2D eigenvalue weighted by molar-refractivity contribution is -0.138. The van der Waals surface area contributed by atoms with Crippen molar-refractivity contribution in [2.75, 3.05) is 37.6 Å². The summed E-state index contributed by atoms with van der Waals surface area (Å²) in [5.74, 6) is -1.76. The molecule has 10 heteroatoms. The van der Waals surface area contributed by atoms with Crippen LogP contribution in [0.25, 0.3) is 0 Å². The molecule has 0 spiro atoms. The van der Waals surface area contributed by atoms with Crippen LogP contribution in [0, 0.1) is 5.82 Å². The van der Waals surface area contributed by atoms with Crippen LogP contribution in [0.1, 0.15) is 37.4 Å². The van der Waals surface area contributed by atoms with Gasteiger partial charge in [-0.2, -0.15) is 13.2 Å². The largest absolute Gasteiger partial charge is 0.417 e. The lowest BCUT2D eigenvalue weighted by atomic mass is 10.0. The molecule has 0 aromatic heterocycles. The third kappa shape index (κ3) is 5.56. The van der Waals surface area contributed by atoms with E-state index < -0.39 is 29.0 Å². The highest BCUT2D eigenvalue weighted by Crippen LogP contribution is 2.35. The van der Waals surface area contributed by atoms with Crippen LogP contribution in [0.2, 0.25) is 0 Å².